The maximum Gasteiger partial charge on any atom is 0.262 e. The summed E-state index contributed by atoms with van der Waals surface area (Å²) < 4.78 is 39.5. The third-order valence-corrected chi connectivity index (χ3v) is 5.19. The standard InChI is InChI=1S/C18H22N2O4S/c1-13(2)24-17-7-5-4-6-15(17)19-25(21,22)14-8-9-18-16(12-14)20(3)10-11-23-18/h4-9,12-13,19H,10-11H2,1-3H3. The molecular weight excluding hydrogens is 340 g/mol. The van der Waals surface area contributed by atoms with Gasteiger partial charge in [-0.1, -0.05) is 12.1 Å². The van der Waals surface area contributed by atoms with E-state index in [0.29, 0.717) is 23.8 Å². The molecule has 0 atom stereocenters. The van der Waals surface area contributed by atoms with E-state index in [9.17, 15) is 8.42 Å². The lowest BCUT2D eigenvalue weighted by Gasteiger charge is -2.28. The first-order valence-corrected chi connectivity index (χ1v) is 9.61. The van der Waals surface area contributed by atoms with Gasteiger partial charge in [0.15, 0.2) is 0 Å². The Balaban J connectivity index is 1.92. The van der Waals surface area contributed by atoms with Crippen molar-refractivity contribution in [3.8, 4) is 11.5 Å². The van der Waals surface area contributed by atoms with E-state index in [1.807, 2.05) is 25.8 Å². The fraction of sp³-hybridized carbons (Fsp3) is 0.333. The molecule has 7 heteroatoms. The van der Waals surface area contributed by atoms with Crippen LogP contribution in [-0.2, 0) is 10.0 Å². The van der Waals surface area contributed by atoms with Crippen molar-refractivity contribution in [2.45, 2.75) is 24.8 Å². The van der Waals surface area contributed by atoms with Gasteiger partial charge in [0.05, 0.1) is 28.9 Å². The van der Waals surface area contributed by atoms with Crippen LogP contribution in [0.2, 0.25) is 0 Å². The SMILES string of the molecule is CC(C)Oc1ccccc1NS(=O)(=O)c1ccc2c(c1)N(C)CCO2. The molecule has 1 aliphatic heterocycles. The van der Waals surface area contributed by atoms with Gasteiger partial charge in [-0.05, 0) is 44.2 Å². The van der Waals surface area contributed by atoms with Gasteiger partial charge in [0.2, 0.25) is 0 Å². The van der Waals surface area contributed by atoms with Crippen molar-refractivity contribution < 1.29 is 17.9 Å². The minimum Gasteiger partial charge on any atom is -0.490 e. The first-order chi connectivity index (χ1) is 11.9. The Morgan fingerprint density at radius 3 is 2.72 bits per heavy atom. The Hall–Kier alpha value is -2.41. The second-order valence-corrected chi connectivity index (χ2v) is 7.85. The maximum absolute atomic E-state index is 12.8. The highest BCUT2D eigenvalue weighted by Crippen LogP contribution is 2.34. The molecule has 0 saturated carbocycles. The zero-order valence-corrected chi connectivity index (χ0v) is 15.3. The minimum absolute atomic E-state index is 0.0554. The molecule has 0 radical (unpaired) electrons. The summed E-state index contributed by atoms with van der Waals surface area (Å²) in [7, 11) is -1.83. The lowest BCUT2D eigenvalue weighted by atomic mass is 10.2. The van der Waals surface area contributed by atoms with E-state index < -0.39 is 10.0 Å². The predicted octanol–water partition coefficient (Wildman–Crippen LogP) is 3.10. The number of benzene rings is 2. The van der Waals surface area contributed by atoms with E-state index in [2.05, 4.69) is 4.72 Å². The van der Waals surface area contributed by atoms with Gasteiger partial charge in [-0.3, -0.25) is 4.72 Å². The number of likely N-dealkylation sites (N-methyl/N-ethyl adjacent to an activating group) is 1. The highest BCUT2D eigenvalue weighted by atomic mass is 32.2. The van der Waals surface area contributed by atoms with Crippen molar-refractivity contribution in [3.63, 3.8) is 0 Å². The van der Waals surface area contributed by atoms with Crippen LogP contribution < -0.4 is 19.1 Å². The lowest BCUT2D eigenvalue weighted by Crippen LogP contribution is -2.29. The van der Waals surface area contributed by atoms with Crippen molar-refractivity contribution in [2.24, 2.45) is 0 Å². The van der Waals surface area contributed by atoms with Gasteiger partial charge in [0, 0.05) is 7.05 Å². The summed E-state index contributed by atoms with van der Waals surface area (Å²) in [6, 6.07) is 11.9. The Kier molecular flexibility index (Phi) is 4.76. The zero-order valence-electron chi connectivity index (χ0n) is 14.5. The molecule has 1 heterocycles. The van der Waals surface area contributed by atoms with Crippen LogP contribution in [0.15, 0.2) is 47.4 Å². The van der Waals surface area contributed by atoms with Gasteiger partial charge < -0.3 is 14.4 Å². The van der Waals surface area contributed by atoms with E-state index in [-0.39, 0.29) is 11.0 Å². The number of sulfonamides is 1. The number of nitrogens with one attached hydrogen (secondary N) is 1. The van der Waals surface area contributed by atoms with E-state index >= 15 is 0 Å². The fourth-order valence-electron chi connectivity index (χ4n) is 2.61. The summed E-state index contributed by atoms with van der Waals surface area (Å²) in [5.41, 5.74) is 1.18. The summed E-state index contributed by atoms with van der Waals surface area (Å²) in [5.74, 6) is 1.19. The average molecular weight is 362 g/mol. The minimum atomic E-state index is -3.74. The van der Waals surface area contributed by atoms with Gasteiger partial charge in [-0.15, -0.1) is 0 Å². The number of hydrogen-bond acceptors (Lipinski definition) is 5. The van der Waals surface area contributed by atoms with Crippen LogP contribution in [0.4, 0.5) is 11.4 Å². The summed E-state index contributed by atoms with van der Waals surface area (Å²) in [5, 5.41) is 0. The highest BCUT2D eigenvalue weighted by molar-refractivity contribution is 7.92. The molecule has 0 spiro atoms. The van der Waals surface area contributed by atoms with Crippen LogP contribution in [0.3, 0.4) is 0 Å². The summed E-state index contributed by atoms with van der Waals surface area (Å²) >= 11 is 0. The summed E-state index contributed by atoms with van der Waals surface area (Å²) in [6.07, 6.45) is -0.0554. The number of rotatable bonds is 5. The van der Waals surface area contributed by atoms with Crippen molar-refractivity contribution in [1.82, 2.24) is 0 Å². The smallest absolute Gasteiger partial charge is 0.262 e. The van der Waals surface area contributed by atoms with E-state index in [0.717, 1.165) is 12.2 Å². The van der Waals surface area contributed by atoms with Crippen LogP contribution >= 0.6 is 0 Å². The maximum atomic E-state index is 12.8. The zero-order chi connectivity index (χ0) is 18.0. The summed E-state index contributed by atoms with van der Waals surface area (Å²) in [4.78, 5) is 2.16. The predicted molar refractivity (Wildman–Crippen MR) is 98.2 cm³/mol. The van der Waals surface area contributed by atoms with Crippen LogP contribution in [0.1, 0.15) is 13.8 Å². The molecule has 1 aliphatic rings. The molecule has 0 aromatic heterocycles. The molecule has 1 N–H and O–H groups in total. The topological polar surface area (TPSA) is 67.9 Å². The molecule has 0 saturated heterocycles. The highest BCUT2D eigenvalue weighted by Gasteiger charge is 2.22. The third kappa shape index (κ3) is 3.82. The van der Waals surface area contributed by atoms with E-state index in [1.54, 1.807) is 42.5 Å². The van der Waals surface area contributed by atoms with Gasteiger partial charge >= 0.3 is 0 Å². The molecule has 0 fully saturated rings. The molecule has 6 nitrogen and oxygen atoms in total. The fourth-order valence-corrected chi connectivity index (χ4v) is 3.70. The molecule has 134 valence electrons. The Bertz CT molecular complexity index is 865. The van der Waals surface area contributed by atoms with E-state index in [1.165, 1.54) is 0 Å². The number of hydrogen-bond donors (Lipinski definition) is 1. The number of anilines is 2. The average Bonchev–Trinajstić information content (AvgIpc) is 2.56. The van der Waals surface area contributed by atoms with Crippen molar-refractivity contribution in [1.29, 1.82) is 0 Å². The van der Waals surface area contributed by atoms with Gasteiger partial charge in [0.1, 0.15) is 18.1 Å². The first kappa shape index (κ1) is 17.4. The number of fused-ring (bicyclic) bond motifs is 1. The van der Waals surface area contributed by atoms with Crippen molar-refractivity contribution >= 4 is 21.4 Å². The Morgan fingerprint density at radius 2 is 1.96 bits per heavy atom. The van der Waals surface area contributed by atoms with Crippen LogP contribution in [0.5, 0.6) is 11.5 Å². The van der Waals surface area contributed by atoms with Gasteiger partial charge in [-0.2, -0.15) is 0 Å². The molecule has 0 aliphatic carbocycles. The van der Waals surface area contributed by atoms with Crippen molar-refractivity contribution in [2.75, 3.05) is 29.8 Å². The molecule has 3 rings (SSSR count). The first-order valence-electron chi connectivity index (χ1n) is 8.13. The van der Waals surface area contributed by atoms with Crippen molar-refractivity contribution in [3.05, 3.63) is 42.5 Å². The second-order valence-electron chi connectivity index (χ2n) is 6.17. The molecule has 0 bridgehead atoms. The largest absolute Gasteiger partial charge is 0.490 e. The molecule has 2 aromatic carbocycles. The van der Waals surface area contributed by atoms with Gasteiger partial charge in [0.25, 0.3) is 10.0 Å². The molecule has 0 amide bonds. The third-order valence-electron chi connectivity index (χ3n) is 3.83. The molecule has 0 unspecified atom stereocenters. The Morgan fingerprint density at radius 1 is 1.20 bits per heavy atom. The molecular formula is C18H22N2O4S. The number of nitrogens with zero attached hydrogens (tertiary/aromatic N) is 1. The van der Waals surface area contributed by atoms with Gasteiger partial charge in [-0.25, -0.2) is 8.42 Å². The normalized spacial score (nSPS) is 14.0. The second kappa shape index (κ2) is 6.84. The number of ether oxygens (including phenoxy) is 2. The quantitative estimate of drug-likeness (QED) is 0.885. The molecule has 25 heavy (non-hydrogen) atoms. The van der Waals surface area contributed by atoms with Crippen LogP contribution in [0, 0.1) is 0 Å². The summed E-state index contributed by atoms with van der Waals surface area (Å²) in [6.45, 7) is 5.10. The lowest BCUT2D eigenvalue weighted by molar-refractivity contribution is 0.244. The monoisotopic (exact) mass is 362 g/mol. The van der Waals surface area contributed by atoms with E-state index in [4.69, 9.17) is 9.47 Å². The van der Waals surface area contributed by atoms with Crippen LogP contribution in [0.25, 0.3) is 0 Å². The molecule has 2 aromatic rings. The van der Waals surface area contributed by atoms with Crippen LogP contribution in [-0.4, -0.2) is 34.7 Å². The Labute approximate surface area is 148 Å². The number of para-hydroxylation sites is 2.